The molecule has 0 fully saturated rings. The van der Waals surface area contributed by atoms with Crippen molar-refractivity contribution in [2.45, 2.75) is 13.3 Å². The smallest absolute Gasteiger partial charge is 0.276 e. The molecule has 0 aromatic heterocycles. The van der Waals surface area contributed by atoms with Crippen molar-refractivity contribution in [2.75, 3.05) is 7.11 Å². The van der Waals surface area contributed by atoms with Crippen molar-refractivity contribution >= 4 is 0 Å². The Kier molecular flexibility index (Phi) is 3.61. The molecule has 0 saturated heterocycles. The monoisotopic (exact) mass is 165 g/mol. The summed E-state index contributed by atoms with van der Waals surface area (Å²) in [7, 11) is 1.61. The summed E-state index contributed by atoms with van der Waals surface area (Å²) in [6.45, 7) is 1.99. The number of benzene rings is 1. The largest absolute Gasteiger partial charge is 0.455 e. The van der Waals surface area contributed by atoms with Crippen LogP contribution in [0.25, 0.3) is 0 Å². The first-order valence-corrected chi connectivity index (χ1v) is 3.99. The maximum absolute atomic E-state index is 5.41. The van der Waals surface area contributed by atoms with E-state index in [9.17, 15) is 0 Å². The molecule has 1 rings (SSSR count). The zero-order valence-electron chi connectivity index (χ0n) is 7.41. The third kappa shape index (κ3) is 2.55. The van der Waals surface area contributed by atoms with E-state index in [0.29, 0.717) is 6.29 Å². The molecule has 2 heteroatoms. The summed E-state index contributed by atoms with van der Waals surface area (Å²) >= 11 is 0. The fraction of sp³-hybridized carbons (Fsp3) is 0.300. The summed E-state index contributed by atoms with van der Waals surface area (Å²) in [4.78, 5) is 0. The molecule has 0 atom stereocenters. The number of para-hydroxylation sites is 1. The van der Waals surface area contributed by atoms with Crippen LogP contribution in [-0.4, -0.2) is 7.11 Å². The maximum atomic E-state index is 5.41. The van der Waals surface area contributed by atoms with Crippen molar-refractivity contribution in [1.82, 2.24) is 0 Å². The predicted molar refractivity (Wildman–Crippen MR) is 47.6 cm³/mol. The van der Waals surface area contributed by atoms with Gasteiger partial charge in [0.2, 0.25) is 0 Å². The van der Waals surface area contributed by atoms with Gasteiger partial charge in [-0.05, 0) is 12.1 Å². The molecule has 0 heterocycles. The third-order valence-electron chi connectivity index (χ3n) is 1.49. The first-order valence-electron chi connectivity index (χ1n) is 3.99. The molecule has 0 N–H and O–H groups in total. The molecule has 1 radical (unpaired) electrons. The standard InChI is InChI=1S/C10H13O2/c1-3-10(11-2)12-9-7-5-4-6-8-9/h4-8H,3H2,1-2H3. The number of rotatable bonds is 4. The third-order valence-corrected chi connectivity index (χ3v) is 1.49. The molecule has 1 aromatic carbocycles. The minimum absolute atomic E-state index is 0.640. The maximum Gasteiger partial charge on any atom is 0.276 e. The Morgan fingerprint density at radius 2 is 1.92 bits per heavy atom. The fourth-order valence-electron chi connectivity index (χ4n) is 0.878. The summed E-state index contributed by atoms with van der Waals surface area (Å²) in [5.41, 5.74) is 0. The van der Waals surface area contributed by atoms with E-state index in [1.165, 1.54) is 0 Å². The van der Waals surface area contributed by atoms with E-state index in [0.717, 1.165) is 12.2 Å². The quantitative estimate of drug-likeness (QED) is 0.682. The summed E-state index contributed by atoms with van der Waals surface area (Å²) in [6.07, 6.45) is 1.41. The lowest BCUT2D eigenvalue weighted by Crippen LogP contribution is -2.07. The van der Waals surface area contributed by atoms with Crippen LogP contribution >= 0.6 is 0 Å². The molecule has 0 saturated carbocycles. The molecule has 0 bridgehead atoms. The molecule has 2 nitrogen and oxygen atoms in total. The Hall–Kier alpha value is -1.02. The molecule has 0 aliphatic carbocycles. The molecule has 0 amide bonds. The SMILES string of the molecule is CC[C](OC)Oc1ccccc1. The Labute approximate surface area is 73.1 Å². The highest BCUT2D eigenvalue weighted by atomic mass is 16.7. The summed E-state index contributed by atoms with van der Waals surface area (Å²) in [5, 5.41) is 0. The summed E-state index contributed by atoms with van der Waals surface area (Å²) in [6, 6.07) is 9.60. The number of hydrogen-bond donors (Lipinski definition) is 0. The molecular formula is C10H13O2. The van der Waals surface area contributed by atoms with E-state index >= 15 is 0 Å². The van der Waals surface area contributed by atoms with Gasteiger partial charge >= 0.3 is 0 Å². The van der Waals surface area contributed by atoms with E-state index in [-0.39, 0.29) is 0 Å². The highest BCUT2D eigenvalue weighted by Crippen LogP contribution is 2.16. The lowest BCUT2D eigenvalue weighted by Gasteiger charge is -2.12. The van der Waals surface area contributed by atoms with Crippen LogP contribution in [0.1, 0.15) is 13.3 Å². The minimum atomic E-state index is 0.640. The van der Waals surface area contributed by atoms with Gasteiger partial charge in [-0.15, -0.1) is 0 Å². The van der Waals surface area contributed by atoms with Gasteiger partial charge in [-0.2, -0.15) is 0 Å². The van der Waals surface area contributed by atoms with Gasteiger partial charge in [0.05, 0.1) is 0 Å². The van der Waals surface area contributed by atoms with Gasteiger partial charge in [-0.1, -0.05) is 25.1 Å². The van der Waals surface area contributed by atoms with Crippen LogP contribution < -0.4 is 4.74 Å². The summed E-state index contributed by atoms with van der Waals surface area (Å²) in [5.74, 6) is 0.816. The molecule has 12 heavy (non-hydrogen) atoms. The average molecular weight is 165 g/mol. The van der Waals surface area contributed by atoms with Gasteiger partial charge < -0.3 is 9.47 Å². The van der Waals surface area contributed by atoms with Crippen LogP contribution in [0.2, 0.25) is 0 Å². The van der Waals surface area contributed by atoms with Gasteiger partial charge in [0.1, 0.15) is 5.75 Å². The molecule has 0 spiro atoms. The van der Waals surface area contributed by atoms with Crippen molar-refractivity contribution in [2.24, 2.45) is 0 Å². The van der Waals surface area contributed by atoms with Crippen LogP contribution in [0.15, 0.2) is 30.3 Å². The highest BCUT2D eigenvalue weighted by Gasteiger charge is 2.06. The number of hydrogen-bond acceptors (Lipinski definition) is 2. The van der Waals surface area contributed by atoms with E-state index in [1.807, 2.05) is 37.3 Å². The number of ether oxygens (including phenoxy) is 2. The lowest BCUT2D eigenvalue weighted by molar-refractivity contribution is 0.0515. The second kappa shape index (κ2) is 4.78. The first-order chi connectivity index (χ1) is 5.86. The van der Waals surface area contributed by atoms with Crippen LogP contribution in [0.5, 0.6) is 5.75 Å². The second-order valence-corrected chi connectivity index (χ2v) is 2.34. The zero-order chi connectivity index (χ0) is 8.81. The number of methoxy groups -OCH3 is 1. The van der Waals surface area contributed by atoms with Crippen LogP contribution in [0.4, 0.5) is 0 Å². The average Bonchev–Trinajstić information content (AvgIpc) is 2.16. The Morgan fingerprint density at radius 3 is 2.42 bits per heavy atom. The molecular weight excluding hydrogens is 152 g/mol. The van der Waals surface area contributed by atoms with Crippen LogP contribution in [0, 0.1) is 6.29 Å². The van der Waals surface area contributed by atoms with E-state index in [1.54, 1.807) is 7.11 Å². The van der Waals surface area contributed by atoms with Gasteiger partial charge in [0.15, 0.2) is 0 Å². The van der Waals surface area contributed by atoms with Gasteiger partial charge in [-0.3, -0.25) is 0 Å². The van der Waals surface area contributed by atoms with Crippen molar-refractivity contribution in [1.29, 1.82) is 0 Å². The van der Waals surface area contributed by atoms with Gasteiger partial charge in [0, 0.05) is 13.5 Å². The topological polar surface area (TPSA) is 18.5 Å². The van der Waals surface area contributed by atoms with Crippen molar-refractivity contribution < 1.29 is 9.47 Å². The molecule has 65 valence electrons. The van der Waals surface area contributed by atoms with Gasteiger partial charge in [0.25, 0.3) is 6.29 Å². The first kappa shape index (κ1) is 9.07. The van der Waals surface area contributed by atoms with Crippen LogP contribution in [-0.2, 0) is 4.74 Å². The normalized spacial score (nSPS) is 10.2. The zero-order valence-corrected chi connectivity index (χ0v) is 7.41. The summed E-state index contributed by atoms with van der Waals surface area (Å²) < 4.78 is 10.4. The van der Waals surface area contributed by atoms with E-state index in [2.05, 4.69) is 0 Å². The molecule has 0 unspecified atom stereocenters. The predicted octanol–water partition coefficient (Wildman–Crippen LogP) is 2.61. The van der Waals surface area contributed by atoms with E-state index < -0.39 is 0 Å². The molecule has 0 aliphatic rings. The molecule has 0 aliphatic heterocycles. The second-order valence-electron chi connectivity index (χ2n) is 2.34. The Bertz CT molecular complexity index is 204. The van der Waals surface area contributed by atoms with Gasteiger partial charge in [-0.25, -0.2) is 0 Å². The Balaban J connectivity index is 2.51. The van der Waals surface area contributed by atoms with Crippen molar-refractivity contribution in [3.63, 3.8) is 0 Å². The highest BCUT2D eigenvalue weighted by molar-refractivity contribution is 5.21. The minimum Gasteiger partial charge on any atom is -0.455 e. The fourth-order valence-corrected chi connectivity index (χ4v) is 0.878. The van der Waals surface area contributed by atoms with Crippen molar-refractivity contribution in [3.8, 4) is 5.75 Å². The lowest BCUT2D eigenvalue weighted by atomic mass is 10.3. The van der Waals surface area contributed by atoms with Crippen LogP contribution in [0.3, 0.4) is 0 Å². The van der Waals surface area contributed by atoms with Crippen molar-refractivity contribution in [3.05, 3.63) is 36.6 Å². The Morgan fingerprint density at radius 1 is 1.25 bits per heavy atom. The molecule has 1 aromatic rings. The van der Waals surface area contributed by atoms with E-state index in [4.69, 9.17) is 9.47 Å².